The molecule has 0 saturated heterocycles. The fourth-order valence-electron chi connectivity index (χ4n) is 1.78. The number of nitrogens with one attached hydrogen (secondary N) is 1. The third-order valence-electron chi connectivity index (χ3n) is 2.59. The van der Waals surface area contributed by atoms with Gasteiger partial charge in [-0.25, -0.2) is 0 Å². The maximum atomic E-state index is 4.69. The molecule has 1 rings (SSSR count). The Bertz CT molecular complexity index is 392. The Balaban J connectivity index is 2.94. The number of nitrogens with zero attached hydrogens (tertiary/aromatic N) is 1. The van der Waals surface area contributed by atoms with Crippen LogP contribution in [0.15, 0.2) is 23.2 Å². The number of hydrogen-bond donors (Lipinski definition) is 1. The second-order valence-corrected chi connectivity index (χ2v) is 4.90. The van der Waals surface area contributed by atoms with E-state index in [9.17, 15) is 0 Å². The molecule has 0 aromatic heterocycles. The van der Waals surface area contributed by atoms with Gasteiger partial charge in [0, 0.05) is 17.4 Å². The van der Waals surface area contributed by atoms with E-state index >= 15 is 0 Å². The molecule has 0 heterocycles. The molecule has 2 nitrogen and oxygen atoms in total. The summed E-state index contributed by atoms with van der Waals surface area (Å²) < 4.78 is 0. The highest BCUT2D eigenvalue weighted by Gasteiger charge is 2.01. The SMILES string of the molecule is CCCC(C)=Nc1cc(NC(C)C)ccc1C. The van der Waals surface area contributed by atoms with Crippen LogP contribution in [-0.4, -0.2) is 11.8 Å². The molecule has 0 fully saturated rings. The molecule has 0 unspecified atom stereocenters. The molecule has 1 N–H and O–H groups in total. The summed E-state index contributed by atoms with van der Waals surface area (Å²) in [5, 5.41) is 3.41. The predicted octanol–water partition coefficient (Wildman–Crippen LogP) is 4.71. The van der Waals surface area contributed by atoms with Gasteiger partial charge in [-0.15, -0.1) is 0 Å². The minimum atomic E-state index is 0.450. The fraction of sp³-hybridized carbons (Fsp3) is 0.533. The van der Waals surface area contributed by atoms with Crippen molar-refractivity contribution in [2.75, 3.05) is 5.32 Å². The Kier molecular flexibility index (Phi) is 5.20. The number of hydrogen-bond acceptors (Lipinski definition) is 2. The average Bonchev–Trinajstić information content (AvgIpc) is 2.22. The number of benzene rings is 1. The monoisotopic (exact) mass is 232 g/mol. The molecular formula is C15H24N2. The van der Waals surface area contributed by atoms with E-state index in [4.69, 9.17) is 4.99 Å². The van der Waals surface area contributed by atoms with E-state index < -0.39 is 0 Å². The third kappa shape index (κ3) is 4.59. The molecule has 0 aliphatic carbocycles. The molecule has 1 aromatic rings. The standard InChI is InChI=1S/C15H24N2/c1-6-7-13(5)17-15-10-14(16-11(2)3)9-8-12(15)4/h8-11,16H,6-7H2,1-5H3. The quantitative estimate of drug-likeness (QED) is 0.731. The summed E-state index contributed by atoms with van der Waals surface area (Å²) in [7, 11) is 0. The van der Waals surface area contributed by atoms with Crippen molar-refractivity contribution in [1.29, 1.82) is 0 Å². The van der Waals surface area contributed by atoms with Gasteiger partial charge in [0.1, 0.15) is 0 Å². The number of aliphatic imine (C=N–C) groups is 1. The first kappa shape index (κ1) is 13.8. The lowest BCUT2D eigenvalue weighted by atomic mass is 10.1. The van der Waals surface area contributed by atoms with Gasteiger partial charge in [-0.05, 0) is 51.8 Å². The number of anilines is 1. The van der Waals surface area contributed by atoms with Crippen molar-refractivity contribution in [3.8, 4) is 0 Å². The normalized spacial score (nSPS) is 12.0. The molecule has 0 radical (unpaired) electrons. The molecule has 0 saturated carbocycles. The number of aryl methyl sites for hydroxylation is 1. The van der Waals surface area contributed by atoms with Crippen LogP contribution in [0.4, 0.5) is 11.4 Å². The topological polar surface area (TPSA) is 24.4 Å². The smallest absolute Gasteiger partial charge is 0.0678 e. The van der Waals surface area contributed by atoms with Gasteiger partial charge in [0.25, 0.3) is 0 Å². The molecule has 0 amide bonds. The van der Waals surface area contributed by atoms with Gasteiger partial charge >= 0.3 is 0 Å². The Hall–Kier alpha value is -1.31. The van der Waals surface area contributed by atoms with Crippen molar-refractivity contribution in [2.24, 2.45) is 4.99 Å². The maximum absolute atomic E-state index is 4.69. The Morgan fingerprint density at radius 3 is 2.65 bits per heavy atom. The van der Waals surface area contributed by atoms with E-state index in [0.29, 0.717) is 6.04 Å². The highest BCUT2D eigenvalue weighted by molar-refractivity contribution is 5.85. The maximum Gasteiger partial charge on any atom is 0.0678 e. The first-order valence-electron chi connectivity index (χ1n) is 6.44. The van der Waals surface area contributed by atoms with E-state index in [-0.39, 0.29) is 0 Å². The summed E-state index contributed by atoms with van der Waals surface area (Å²) in [6.45, 7) is 10.7. The lowest BCUT2D eigenvalue weighted by molar-refractivity contribution is 0.899. The summed E-state index contributed by atoms with van der Waals surface area (Å²) in [5.74, 6) is 0. The molecule has 94 valence electrons. The number of rotatable bonds is 5. The lowest BCUT2D eigenvalue weighted by Gasteiger charge is -2.11. The van der Waals surface area contributed by atoms with Gasteiger partial charge in [-0.3, -0.25) is 4.99 Å². The summed E-state index contributed by atoms with van der Waals surface area (Å²) >= 11 is 0. The van der Waals surface area contributed by atoms with Gasteiger partial charge in [0.2, 0.25) is 0 Å². The molecule has 1 aromatic carbocycles. The van der Waals surface area contributed by atoms with Crippen LogP contribution < -0.4 is 5.32 Å². The molecule has 17 heavy (non-hydrogen) atoms. The van der Waals surface area contributed by atoms with Crippen molar-refractivity contribution >= 4 is 17.1 Å². The van der Waals surface area contributed by atoms with Crippen LogP contribution in [0, 0.1) is 6.92 Å². The average molecular weight is 232 g/mol. The molecule has 2 heteroatoms. The van der Waals surface area contributed by atoms with Gasteiger partial charge in [0.05, 0.1) is 5.69 Å². The van der Waals surface area contributed by atoms with Crippen molar-refractivity contribution in [1.82, 2.24) is 0 Å². The van der Waals surface area contributed by atoms with Crippen LogP contribution in [0.2, 0.25) is 0 Å². The highest BCUT2D eigenvalue weighted by Crippen LogP contribution is 2.24. The second-order valence-electron chi connectivity index (χ2n) is 4.90. The van der Waals surface area contributed by atoms with Crippen LogP contribution in [-0.2, 0) is 0 Å². The van der Waals surface area contributed by atoms with Crippen LogP contribution >= 0.6 is 0 Å². The molecule has 0 atom stereocenters. The van der Waals surface area contributed by atoms with E-state index in [1.807, 2.05) is 0 Å². The zero-order valence-electron chi connectivity index (χ0n) is 11.7. The largest absolute Gasteiger partial charge is 0.383 e. The van der Waals surface area contributed by atoms with Gasteiger partial charge < -0.3 is 5.32 Å². The van der Waals surface area contributed by atoms with Crippen LogP contribution in [0.1, 0.15) is 46.1 Å². The second kappa shape index (κ2) is 6.43. The van der Waals surface area contributed by atoms with Crippen LogP contribution in [0.5, 0.6) is 0 Å². The zero-order valence-corrected chi connectivity index (χ0v) is 11.7. The van der Waals surface area contributed by atoms with E-state index in [0.717, 1.165) is 24.2 Å². The first-order chi connectivity index (χ1) is 8.02. The molecular weight excluding hydrogens is 208 g/mol. The minimum absolute atomic E-state index is 0.450. The zero-order chi connectivity index (χ0) is 12.8. The van der Waals surface area contributed by atoms with Crippen LogP contribution in [0.3, 0.4) is 0 Å². The third-order valence-corrected chi connectivity index (χ3v) is 2.59. The first-order valence-corrected chi connectivity index (χ1v) is 6.44. The van der Waals surface area contributed by atoms with Gasteiger partial charge in [0.15, 0.2) is 0 Å². The van der Waals surface area contributed by atoms with Crippen molar-refractivity contribution < 1.29 is 0 Å². The van der Waals surface area contributed by atoms with Crippen molar-refractivity contribution in [2.45, 2.75) is 53.5 Å². The lowest BCUT2D eigenvalue weighted by Crippen LogP contribution is -2.09. The van der Waals surface area contributed by atoms with Crippen molar-refractivity contribution in [3.63, 3.8) is 0 Å². The summed E-state index contributed by atoms with van der Waals surface area (Å²) in [4.78, 5) is 4.69. The Morgan fingerprint density at radius 2 is 2.06 bits per heavy atom. The van der Waals surface area contributed by atoms with Crippen molar-refractivity contribution in [3.05, 3.63) is 23.8 Å². The summed E-state index contributed by atoms with van der Waals surface area (Å²) in [5.41, 5.74) is 4.67. The summed E-state index contributed by atoms with van der Waals surface area (Å²) in [6.07, 6.45) is 2.22. The molecule has 0 bridgehead atoms. The minimum Gasteiger partial charge on any atom is -0.383 e. The summed E-state index contributed by atoms with van der Waals surface area (Å²) in [6, 6.07) is 6.83. The molecule has 0 aliphatic rings. The Labute approximate surface area is 105 Å². The van der Waals surface area contributed by atoms with E-state index in [2.05, 4.69) is 58.1 Å². The van der Waals surface area contributed by atoms with E-state index in [1.54, 1.807) is 0 Å². The van der Waals surface area contributed by atoms with Crippen LogP contribution in [0.25, 0.3) is 0 Å². The fourth-order valence-corrected chi connectivity index (χ4v) is 1.78. The molecule has 0 spiro atoms. The highest BCUT2D eigenvalue weighted by atomic mass is 14.9. The predicted molar refractivity (Wildman–Crippen MR) is 77.6 cm³/mol. The molecule has 0 aliphatic heterocycles. The van der Waals surface area contributed by atoms with E-state index in [1.165, 1.54) is 11.3 Å². The van der Waals surface area contributed by atoms with Gasteiger partial charge in [-0.2, -0.15) is 0 Å². The van der Waals surface area contributed by atoms with Gasteiger partial charge in [-0.1, -0.05) is 19.4 Å². The Morgan fingerprint density at radius 1 is 1.35 bits per heavy atom.